The lowest BCUT2D eigenvalue weighted by atomic mass is 10.2. The summed E-state index contributed by atoms with van der Waals surface area (Å²) in [4.78, 5) is 0. The Hall–Kier alpha value is -0.380. The molecule has 1 rings (SSSR count). The summed E-state index contributed by atoms with van der Waals surface area (Å²) < 4.78 is 14.3. The minimum absolute atomic E-state index is 0.465. The third kappa shape index (κ3) is 3.46. The molecule has 0 aromatic heterocycles. The van der Waals surface area contributed by atoms with Crippen LogP contribution < -0.4 is 0 Å². The van der Waals surface area contributed by atoms with Crippen LogP contribution in [0.4, 0.5) is 0 Å². The van der Waals surface area contributed by atoms with Gasteiger partial charge in [-0.25, -0.2) is 4.21 Å². The van der Waals surface area contributed by atoms with Gasteiger partial charge in [0.25, 0.3) is 0 Å². The standard InChI is InChI=1S/C8H7Cl2NOS/c1-13(12)11-5-6-2-3-7(9)8(10)4-6/h2-5H,1H3/b11-5+/t13-/m1/s1. The van der Waals surface area contributed by atoms with E-state index in [4.69, 9.17) is 23.2 Å². The third-order valence-corrected chi connectivity index (χ3v) is 2.44. The van der Waals surface area contributed by atoms with E-state index in [0.717, 1.165) is 5.56 Å². The fraction of sp³-hybridized carbons (Fsp3) is 0.125. The summed E-state index contributed by atoms with van der Waals surface area (Å²) in [6.45, 7) is 0. The van der Waals surface area contributed by atoms with Gasteiger partial charge in [0.2, 0.25) is 0 Å². The molecule has 0 spiro atoms. The van der Waals surface area contributed by atoms with Crippen molar-refractivity contribution in [2.45, 2.75) is 0 Å². The molecule has 5 heteroatoms. The first-order chi connectivity index (χ1) is 6.09. The van der Waals surface area contributed by atoms with Crippen LogP contribution in [-0.4, -0.2) is 16.7 Å². The Morgan fingerprint density at radius 2 is 2.08 bits per heavy atom. The molecule has 0 saturated carbocycles. The summed E-state index contributed by atoms with van der Waals surface area (Å²) in [5, 5.41) is 0.962. The second-order valence-electron chi connectivity index (χ2n) is 2.33. The first-order valence-corrected chi connectivity index (χ1v) is 5.69. The number of hydrogen-bond acceptors (Lipinski definition) is 1. The van der Waals surface area contributed by atoms with Crippen molar-refractivity contribution < 1.29 is 4.21 Å². The molecular formula is C8H7Cl2NOS. The van der Waals surface area contributed by atoms with E-state index in [1.807, 2.05) is 0 Å². The van der Waals surface area contributed by atoms with Crippen LogP contribution in [0, 0.1) is 0 Å². The molecule has 0 bridgehead atoms. The number of nitrogens with zero attached hydrogens (tertiary/aromatic N) is 1. The fourth-order valence-electron chi connectivity index (χ4n) is 0.728. The van der Waals surface area contributed by atoms with Gasteiger partial charge < -0.3 is 0 Å². The van der Waals surface area contributed by atoms with E-state index in [-0.39, 0.29) is 0 Å². The van der Waals surface area contributed by atoms with Crippen molar-refractivity contribution in [1.29, 1.82) is 0 Å². The smallest absolute Gasteiger partial charge is 0.136 e. The molecule has 0 aliphatic carbocycles. The summed E-state index contributed by atoms with van der Waals surface area (Å²) >= 11 is 11.5. The molecule has 0 N–H and O–H groups in total. The molecule has 1 atom stereocenters. The average molecular weight is 236 g/mol. The molecule has 1 aromatic rings. The van der Waals surface area contributed by atoms with Crippen LogP contribution in [-0.2, 0) is 11.0 Å². The van der Waals surface area contributed by atoms with Gasteiger partial charge in [0.05, 0.1) is 10.0 Å². The second kappa shape index (κ2) is 4.74. The van der Waals surface area contributed by atoms with E-state index in [1.54, 1.807) is 18.2 Å². The van der Waals surface area contributed by atoms with Crippen LogP contribution in [0.5, 0.6) is 0 Å². The van der Waals surface area contributed by atoms with E-state index >= 15 is 0 Å². The van der Waals surface area contributed by atoms with Gasteiger partial charge in [-0.15, -0.1) is 0 Å². The summed E-state index contributed by atoms with van der Waals surface area (Å²) in [6.07, 6.45) is 2.99. The van der Waals surface area contributed by atoms with Gasteiger partial charge in [0, 0.05) is 12.5 Å². The van der Waals surface area contributed by atoms with Crippen LogP contribution in [0.15, 0.2) is 22.6 Å². The van der Waals surface area contributed by atoms with Crippen molar-refractivity contribution >= 4 is 40.4 Å². The van der Waals surface area contributed by atoms with Gasteiger partial charge >= 0.3 is 0 Å². The van der Waals surface area contributed by atoms with E-state index in [0.29, 0.717) is 10.0 Å². The normalized spacial score (nSPS) is 13.5. The minimum atomic E-state index is -1.18. The Morgan fingerprint density at radius 1 is 1.38 bits per heavy atom. The van der Waals surface area contributed by atoms with Crippen molar-refractivity contribution in [3.63, 3.8) is 0 Å². The first kappa shape index (κ1) is 10.7. The minimum Gasteiger partial charge on any atom is -0.235 e. The van der Waals surface area contributed by atoms with Crippen LogP contribution in [0.1, 0.15) is 5.56 Å². The van der Waals surface area contributed by atoms with Crippen molar-refractivity contribution in [3.05, 3.63) is 33.8 Å². The number of rotatable bonds is 2. The van der Waals surface area contributed by atoms with Crippen LogP contribution >= 0.6 is 23.2 Å². The van der Waals surface area contributed by atoms with Crippen LogP contribution in [0.2, 0.25) is 10.0 Å². The van der Waals surface area contributed by atoms with Crippen LogP contribution in [0.25, 0.3) is 0 Å². The fourth-order valence-corrected chi connectivity index (χ4v) is 1.30. The summed E-state index contributed by atoms with van der Waals surface area (Å²) in [5.41, 5.74) is 0.782. The molecule has 13 heavy (non-hydrogen) atoms. The lowest BCUT2D eigenvalue weighted by Crippen LogP contribution is -1.84. The monoisotopic (exact) mass is 235 g/mol. The highest BCUT2D eigenvalue weighted by Crippen LogP contribution is 2.21. The lowest BCUT2D eigenvalue weighted by molar-refractivity contribution is 0.688. The number of benzene rings is 1. The molecular weight excluding hydrogens is 229 g/mol. The van der Waals surface area contributed by atoms with E-state index in [2.05, 4.69) is 4.40 Å². The van der Waals surface area contributed by atoms with Gasteiger partial charge in [-0.05, 0) is 17.7 Å². The van der Waals surface area contributed by atoms with E-state index in [1.165, 1.54) is 12.5 Å². The van der Waals surface area contributed by atoms with Crippen molar-refractivity contribution in [3.8, 4) is 0 Å². The maximum absolute atomic E-state index is 10.6. The Bertz CT molecular complexity index is 365. The van der Waals surface area contributed by atoms with E-state index < -0.39 is 11.0 Å². The predicted molar refractivity (Wildman–Crippen MR) is 58.1 cm³/mol. The first-order valence-electron chi connectivity index (χ1n) is 3.42. The van der Waals surface area contributed by atoms with Gasteiger partial charge in [-0.1, -0.05) is 29.3 Å². The molecule has 0 heterocycles. The van der Waals surface area contributed by atoms with Gasteiger partial charge in [0.1, 0.15) is 11.0 Å². The molecule has 2 nitrogen and oxygen atoms in total. The Kier molecular flexibility index (Phi) is 3.90. The largest absolute Gasteiger partial charge is 0.235 e. The third-order valence-electron chi connectivity index (χ3n) is 1.29. The van der Waals surface area contributed by atoms with Crippen molar-refractivity contribution in [2.24, 2.45) is 4.40 Å². The lowest BCUT2D eigenvalue weighted by Gasteiger charge is -1.95. The zero-order valence-corrected chi connectivity index (χ0v) is 9.16. The van der Waals surface area contributed by atoms with Crippen molar-refractivity contribution in [2.75, 3.05) is 6.26 Å². The summed E-state index contributed by atoms with van der Waals surface area (Å²) in [6, 6.07) is 5.09. The highest BCUT2D eigenvalue weighted by atomic mass is 35.5. The summed E-state index contributed by atoms with van der Waals surface area (Å²) in [7, 11) is -1.18. The molecule has 0 aliphatic rings. The quantitative estimate of drug-likeness (QED) is 0.726. The Balaban J connectivity index is 2.92. The molecule has 1 aromatic carbocycles. The van der Waals surface area contributed by atoms with Gasteiger partial charge in [0.15, 0.2) is 0 Å². The molecule has 0 fully saturated rings. The maximum Gasteiger partial charge on any atom is 0.136 e. The van der Waals surface area contributed by atoms with Gasteiger partial charge in [-0.2, -0.15) is 4.40 Å². The SMILES string of the molecule is C[S@@](=O)/N=C/c1ccc(Cl)c(Cl)c1. The molecule has 0 saturated heterocycles. The molecule has 0 radical (unpaired) electrons. The predicted octanol–water partition coefficient (Wildman–Crippen LogP) is 2.71. The zero-order chi connectivity index (χ0) is 9.84. The van der Waals surface area contributed by atoms with Gasteiger partial charge in [-0.3, -0.25) is 0 Å². The molecule has 0 aliphatic heterocycles. The maximum atomic E-state index is 10.6. The Morgan fingerprint density at radius 3 is 2.62 bits per heavy atom. The molecule has 0 amide bonds. The van der Waals surface area contributed by atoms with Crippen molar-refractivity contribution in [1.82, 2.24) is 0 Å². The summed E-state index contributed by atoms with van der Waals surface area (Å²) in [5.74, 6) is 0. The van der Waals surface area contributed by atoms with Crippen LogP contribution in [0.3, 0.4) is 0 Å². The number of hydrogen-bond donors (Lipinski definition) is 0. The Labute approximate surface area is 89.2 Å². The van der Waals surface area contributed by atoms with E-state index in [9.17, 15) is 4.21 Å². The number of halogens is 2. The zero-order valence-electron chi connectivity index (χ0n) is 6.83. The topological polar surface area (TPSA) is 29.4 Å². The molecule has 70 valence electrons. The average Bonchev–Trinajstić information content (AvgIpc) is 2.07. The second-order valence-corrected chi connectivity index (χ2v) is 4.20. The highest BCUT2D eigenvalue weighted by molar-refractivity contribution is 7.83. The molecule has 0 unspecified atom stereocenters. The highest BCUT2D eigenvalue weighted by Gasteiger charge is 1.96.